The molecule has 0 saturated heterocycles. The number of carbonyl (C=O) groups is 3. The number of carbonyl (C=O) groups excluding carboxylic acids is 3. The minimum Gasteiger partial charge on any atom is -0.493 e. The second-order valence-electron chi connectivity index (χ2n) is 11.3. The van der Waals surface area contributed by atoms with Crippen LogP contribution in [0.4, 0.5) is 11.4 Å². The second-order valence-corrected chi connectivity index (χ2v) is 11.3. The van der Waals surface area contributed by atoms with Gasteiger partial charge >= 0.3 is 0 Å². The van der Waals surface area contributed by atoms with Crippen molar-refractivity contribution in [1.82, 2.24) is 0 Å². The Kier molecular flexibility index (Phi) is 9.06. The lowest BCUT2D eigenvalue weighted by atomic mass is 9.61. The molecule has 1 aliphatic rings. The molecule has 1 aliphatic carbocycles. The van der Waals surface area contributed by atoms with E-state index in [-0.39, 0.29) is 6.42 Å². The van der Waals surface area contributed by atoms with Gasteiger partial charge in [0.15, 0.2) is 11.5 Å². The van der Waals surface area contributed by atoms with Gasteiger partial charge in [-0.3, -0.25) is 14.4 Å². The molecule has 8 heteroatoms. The molecule has 3 aromatic carbocycles. The van der Waals surface area contributed by atoms with Crippen molar-refractivity contribution in [3.05, 3.63) is 82.4 Å². The molecule has 4 rings (SSSR count). The van der Waals surface area contributed by atoms with Crippen LogP contribution in [0.2, 0.25) is 0 Å². The summed E-state index contributed by atoms with van der Waals surface area (Å²) < 4.78 is 11.3. The summed E-state index contributed by atoms with van der Waals surface area (Å²) in [6.45, 7) is 11.4. The lowest BCUT2D eigenvalue weighted by molar-refractivity contribution is -0.150. The maximum Gasteiger partial charge on any atom is 0.235 e. The summed E-state index contributed by atoms with van der Waals surface area (Å²) in [5.41, 5.74) is 3.72. The largest absolute Gasteiger partial charge is 0.493 e. The molecule has 3 N–H and O–H groups in total. The molecule has 0 bridgehead atoms. The summed E-state index contributed by atoms with van der Waals surface area (Å²) >= 11 is 0. The van der Waals surface area contributed by atoms with Gasteiger partial charge in [0.1, 0.15) is 11.7 Å². The van der Waals surface area contributed by atoms with E-state index < -0.39 is 41.0 Å². The van der Waals surface area contributed by atoms with Crippen LogP contribution in [0.25, 0.3) is 0 Å². The SMILES string of the molecule is CCOc1ccc(C2C(C(=O)Nc3cccc(C)c3C)C(=O)CC(C)(O)C2C(=O)Nc2cccc(C)c2C)cc1OC. The molecule has 1 saturated carbocycles. The molecule has 222 valence electrons. The Hall–Kier alpha value is -4.17. The van der Waals surface area contributed by atoms with Crippen LogP contribution >= 0.6 is 0 Å². The van der Waals surface area contributed by atoms with Crippen molar-refractivity contribution < 1.29 is 29.0 Å². The number of methoxy groups -OCH3 is 1. The lowest BCUT2D eigenvalue weighted by Gasteiger charge is -2.44. The number of Topliss-reactive ketones (excluding diaryl/α,β-unsaturated/α-hetero) is 1. The Balaban J connectivity index is 1.85. The maximum absolute atomic E-state index is 14.1. The molecule has 0 heterocycles. The smallest absolute Gasteiger partial charge is 0.235 e. The molecule has 0 spiro atoms. The molecule has 42 heavy (non-hydrogen) atoms. The molecular weight excluding hydrogens is 532 g/mol. The van der Waals surface area contributed by atoms with Crippen molar-refractivity contribution in [1.29, 1.82) is 0 Å². The van der Waals surface area contributed by atoms with Gasteiger partial charge in [-0.2, -0.15) is 0 Å². The average molecular weight is 573 g/mol. The zero-order valence-corrected chi connectivity index (χ0v) is 25.3. The Morgan fingerprint density at radius 1 is 0.905 bits per heavy atom. The van der Waals surface area contributed by atoms with Crippen molar-refractivity contribution in [3.8, 4) is 11.5 Å². The van der Waals surface area contributed by atoms with Gasteiger partial charge in [-0.05, 0) is 93.6 Å². The number of ether oxygens (including phenoxy) is 2. The maximum atomic E-state index is 14.1. The fraction of sp³-hybridized carbons (Fsp3) is 0.382. The van der Waals surface area contributed by atoms with Gasteiger partial charge < -0.3 is 25.2 Å². The molecule has 1 fully saturated rings. The van der Waals surface area contributed by atoms with E-state index in [2.05, 4.69) is 10.6 Å². The Bertz CT molecular complexity index is 1510. The average Bonchev–Trinajstić information content (AvgIpc) is 2.93. The zero-order valence-electron chi connectivity index (χ0n) is 25.3. The number of ketones is 1. The van der Waals surface area contributed by atoms with Crippen LogP contribution in [-0.4, -0.2) is 42.0 Å². The summed E-state index contributed by atoms with van der Waals surface area (Å²) in [4.78, 5) is 41.8. The van der Waals surface area contributed by atoms with E-state index in [1.807, 2.05) is 58.9 Å². The number of aliphatic hydroxyl groups is 1. The molecule has 4 atom stereocenters. The number of nitrogens with one attached hydrogen (secondary N) is 2. The third-order valence-corrected chi connectivity index (χ3v) is 8.43. The highest BCUT2D eigenvalue weighted by atomic mass is 16.5. The van der Waals surface area contributed by atoms with Crippen LogP contribution in [0.1, 0.15) is 54.0 Å². The van der Waals surface area contributed by atoms with E-state index in [0.717, 1.165) is 22.3 Å². The van der Waals surface area contributed by atoms with Crippen molar-refractivity contribution >= 4 is 29.0 Å². The zero-order chi connectivity index (χ0) is 30.8. The van der Waals surface area contributed by atoms with Crippen LogP contribution < -0.4 is 20.1 Å². The van der Waals surface area contributed by atoms with Crippen molar-refractivity contribution in [3.63, 3.8) is 0 Å². The van der Waals surface area contributed by atoms with Crippen molar-refractivity contribution in [2.24, 2.45) is 11.8 Å². The van der Waals surface area contributed by atoms with E-state index in [1.165, 1.54) is 14.0 Å². The van der Waals surface area contributed by atoms with Crippen LogP contribution in [0, 0.1) is 39.5 Å². The number of benzene rings is 3. The molecule has 0 radical (unpaired) electrons. The molecular formula is C34H40N2O6. The van der Waals surface area contributed by atoms with Gasteiger partial charge in [-0.1, -0.05) is 30.3 Å². The molecule has 0 aliphatic heterocycles. The lowest BCUT2D eigenvalue weighted by Crippen LogP contribution is -2.56. The number of aryl methyl sites for hydroxylation is 2. The van der Waals surface area contributed by atoms with E-state index in [0.29, 0.717) is 35.0 Å². The highest BCUT2D eigenvalue weighted by Crippen LogP contribution is 2.48. The number of rotatable bonds is 8. The number of hydrogen-bond acceptors (Lipinski definition) is 6. The van der Waals surface area contributed by atoms with Gasteiger partial charge in [0.2, 0.25) is 11.8 Å². The Morgan fingerprint density at radius 3 is 2.02 bits per heavy atom. The topological polar surface area (TPSA) is 114 Å². The van der Waals surface area contributed by atoms with Crippen LogP contribution in [0.5, 0.6) is 11.5 Å². The van der Waals surface area contributed by atoms with Gasteiger partial charge in [0.25, 0.3) is 0 Å². The monoisotopic (exact) mass is 572 g/mol. The van der Waals surface area contributed by atoms with E-state index in [1.54, 1.807) is 30.3 Å². The summed E-state index contributed by atoms with van der Waals surface area (Å²) in [5, 5.41) is 17.6. The summed E-state index contributed by atoms with van der Waals surface area (Å²) in [7, 11) is 1.50. The first-order valence-electron chi connectivity index (χ1n) is 14.2. The summed E-state index contributed by atoms with van der Waals surface area (Å²) in [5.74, 6) is -3.97. The van der Waals surface area contributed by atoms with Crippen molar-refractivity contribution in [2.75, 3.05) is 24.4 Å². The second kappa shape index (κ2) is 12.4. The fourth-order valence-corrected chi connectivity index (χ4v) is 5.85. The predicted molar refractivity (Wildman–Crippen MR) is 163 cm³/mol. The van der Waals surface area contributed by atoms with Gasteiger partial charge in [0, 0.05) is 23.7 Å². The molecule has 0 aromatic heterocycles. The third kappa shape index (κ3) is 6.04. The molecule has 3 aromatic rings. The van der Waals surface area contributed by atoms with Gasteiger partial charge in [-0.25, -0.2) is 0 Å². The Labute approximate surface area is 247 Å². The number of amides is 2. The third-order valence-electron chi connectivity index (χ3n) is 8.43. The Morgan fingerprint density at radius 2 is 1.48 bits per heavy atom. The molecule has 8 nitrogen and oxygen atoms in total. The van der Waals surface area contributed by atoms with E-state index >= 15 is 0 Å². The fourth-order valence-electron chi connectivity index (χ4n) is 5.85. The van der Waals surface area contributed by atoms with E-state index in [9.17, 15) is 19.5 Å². The first-order chi connectivity index (χ1) is 19.9. The normalized spacial score (nSPS) is 21.9. The van der Waals surface area contributed by atoms with Crippen molar-refractivity contribution in [2.45, 2.75) is 59.5 Å². The van der Waals surface area contributed by atoms with Crippen LogP contribution in [-0.2, 0) is 14.4 Å². The van der Waals surface area contributed by atoms with Crippen LogP contribution in [0.3, 0.4) is 0 Å². The minimum absolute atomic E-state index is 0.354. The predicted octanol–water partition coefficient (Wildman–Crippen LogP) is 5.64. The van der Waals surface area contributed by atoms with Gasteiger partial charge in [-0.15, -0.1) is 0 Å². The standard InChI is InChI=1S/C34H40N2O6/c1-8-42-27-16-15-23(17-28(27)41-7)29-30(32(38)35-24-13-9-11-19(2)21(24)4)26(37)18-34(6,40)31(29)33(39)36-25-14-10-12-20(3)22(25)5/h9-17,29-31,40H,8,18H2,1-7H3,(H,35,38)(H,36,39). The number of anilines is 2. The number of hydrogen-bond donors (Lipinski definition) is 3. The quantitative estimate of drug-likeness (QED) is 0.301. The first kappa shape index (κ1) is 30.8. The first-order valence-corrected chi connectivity index (χ1v) is 14.2. The highest BCUT2D eigenvalue weighted by molar-refractivity contribution is 6.10. The van der Waals surface area contributed by atoms with Crippen LogP contribution in [0.15, 0.2) is 54.6 Å². The molecule has 4 unspecified atom stereocenters. The highest BCUT2D eigenvalue weighted by Gasteiger charge is 2.56. The molecule has 2 amide bonds. The summed E-state index contributed by atoms with van der Waals surface area (Å²) in [6.07, 6.45) is -0.354. The minimum atomic E-state index is -1.73. The summed E-state index contributed by atoms with van der Waals surface area (Å²) in [6, 6.07) is 16.2. The van der Waals surface area contributed by atoms with E-state index in [4.69, 9.17) is 9.47 Å². The van der Waals surface area contributed by atoms with Gasteiger partial charge in [0.05, 0.1) is 25.2 Å².